The largest absolute Gasteiger partial charge is 0.491 e. The van der Waals surface area contributed by atoms with E-state index in [1.54, 1.807) is 22.9 Å². The van der Waals surface area contributed by atoms with Crippen molar-refractivity contribution in [1.82, 2.24) is 9.88 Å². The molecule has 1 heterocycles. The van der Waals surface area contributed by atoms with Crippen LogP contribution in [0.2, 0.25) is 0 Å². The van der Waals surface area contributed by atoms with Crippen LogP contribution in [-0.4, -0.2) is 23.6 Å². The summed E-state index contributed by atoms with van der Waals surface area (Å²) in [5.74, 6) is 0.339. The molecule has 0 bridgehead atoms. The highest BCUT2D eigenvalue weighted by Gasteiger charge is 2.18. The molecule has 1 fully saturated rings. The van der Waals surface area contributed by atoms with Gasteiger partial charge in [-0.2, -0.15) is 0 Å². The van der Waals surface area contributed by atoms with Crippen LogP contribution in [-0.2, 0) is 17.1 Å². The van der Waals surface area contributed by atoms with E-state index < -0.39 is 0 Å². The number of methoxy groups -OCH3 is 1. The molecule has 27 heavy (non-hydrogen) atoms. The van der Waals surface area contributed by atoms with Crippen molar-refractivity contribution in [2.75, 3.05) is 7.11 Å². The molecule has 1 aromatic heterocycles. The van der Waals surface area contributed by atoms with E-state index in [-0.39, 0.29) is 35.5 Å². The fraction of sp³-hybridized carbons (Fsp3) is 0.400. The van der Waals surface area contributed by atoms with Gasteiger partial charge < -0.3 is 14.6 Å². The van der Waals surface area contributed by atoms with E-state index in [0.29, 0.717) is 5.75 Å². The van der Waals surface area contributed by atoms with Gasteiger partial charge in [0.15, 0.2) is 5.75 Å². The average Bonchev–Trinajstić information content (AvgIpc) is 3.15. The van der Waals surface area contributed by atoms with E-state index in [4.69, 9.17) is 4.74 Å². The lowest BCUT2D eigenvalue weighted by Gasteiger charge is -2.17. The van der Waals surface area contributed by atoms with E-state index in [1.807, 2.05) is 0 Å². The van der Waals surface area contributed by atoms with Crippen molar-refractivity contribution in [3.8, 4) is 5.75 Å². The normalized spacial score (nSPS) is 14.3. The Kier molecular flexibility index (Phi) is 6.55. The zero-order valence-electron chi connectivity index (χ0n) is 15.2. The van der Waals surface area contributed by atoms with Gasteiger partial charge in [0.1, 0.15) is 12.4 Å². The van der Waals surface area contributed by atoms with Crippen LogP contribution in [0.1, 0.15) is 31.4 Å². The van der Waals surface area contributed by atoms with Crippen LogP contribution >= 0.6 is 11.8 Å². The smallest absolute Gasteiger partial charge is 0.240 e. The van der Waals surface area contributed by atoms with Crippen molar-refractivity contribution < 1.29 is 13.9 Å². The fourth-order valence-corrected chi connectivity index (χ4v) is 4.10. The van der Waals surface area contributed by atoms with Gasteiger partial charge in [-0.05, 0) is 37.1 Å². The summed E-state index contributed by atoms with van der Waals surface area (Å²) in [4.78, 5) is 25.5. The predicted molar refractivity (Wildman–Crippen MR) is 104 cm³/mol. The number of benzene rings is 1. The monoisotopic (exact) mass is 390 g/mol. The molecule has 3 rings (SSSR count). The molecule has 1 aliphatic carbocycles. The third-order valence-electron chi connectivity index (χ3n) is 4.64. The number of halogens is 1. The maximum atomic E-state index is 13.0. The molecule has 144 valence electrons. The topological polar surface area (TPSA) is 60.3 Å². The maximum Gasteiger partial charge on any atom is 0.240 e. The summed E-state index contributed by atoms with van der Waals surface area (Å²) in [7, 11) is 1.44. The molecule has 1 aliphatic rings. The lowest BCUT2D eigenvalue weighted by Crippen LogP contribution is -2.35. The molecule has 1 N–H and O–H groups in total. The van der Waals surface area contributed by atoms with E-state index in [1.165, 1.54) is 37.1 Å². The van der Waals surface area contributed by atoms with E-state index in [0.717, 1.165) is 36.3 Å². The first-order valence-corrected chi connectivity index (χ1v) is 9.99. The number of thioether (sulfide) groups is 1. The highest BCUT2D eigenvalue weighted by Crippen LogP contribution is 2.23. The van der Waals surface area contributed by atoms with Crippen molar-refractivity contribution in [2.45, 2.75) is 48.9 Å². The summed E-state index contributed by atoms with van der Waals surface area (Å²) in [6.07, 6.45) is 5.92. The molecule has 1 saturated carbocycles. The van der Waals surface area contributed by atoms with Crippen LogP contribution in [0.5, 0.6) is 5.75 Å². The van der Waals surface area contributed by atoms with Crippen LogP contribution in [0.25, 0.3) is 0 Å². The second-order valence-electron chi connectivity index (χ2n) is 6.62. The predicted octanol–water partition coefficient (Wildman–Crippen LogP) is 3.35. The van der Waals surface area contributed by atoms with E-state index >= 15 is 0 Å². The molecule has 0 unspecified atom stereocenters. The molecule has 0 spiro atoms. The number of nitrogens with zero attached hydrogens (tertiary/aromatic N) is 1. The second-order valence-corrected chi connectivity index (χ2v) is 7.67. The Bertz CT molecular complexity index is 845. The minimum atomic E-state index is -0.288. The lowest BCUT2D eigenvalue weighted by atomic mass is 10.2. The van der Waals surface area contributed by atoms with E-state index in [2.05, 4.69) is 5.32 Å². The van der Waals surface area contributed by atoms with Crippen LogP contribution in [0.3, 0.4) is 0 Å². The summed E-state index contributed by atoms with van der Waals surface area (Å²) in [6, 6.07) is 7.93. The van der Waals surface area contributed by atoms with Gasteiger partial charge >= 0.3 is 0 Å². The van der Waals surface area contributed by atoms with Crippen molar-refractivity contribution in [1.29, 1.82) is 0 Å². The summed E-state index contributed by atoms with van der Waals surface area (Å²) in [6.45, 7) is 0.131. The van der Waals surface area contributed by atoms with Gasteiger partial charge in [-0.1, -0.05) is 12.8 Å². The van der Waals surface area contributed by atoms with Gasteiger partial charge in [-0.25, -0.2) is 4.39 Å². The maximum absolute atomic E-state index is 13.0. The Morgan fingerprint density at radius 1 is 1.30 bits per heavy atom. The summed E-state index contributed by atoms with van der Waals surface area (Å²) < 4.78 is 19.9. The summed E-state index contributed by atoms with van der Waals surface area (Å²) in [5.41, 5.74) is 0.497. The minimum absolute atomic E-state index is 0.0689. The van der Waals surface area contributed by atoms with Crippen LogP contribution in [0, 0.1) is 5.82 Å². The first-order valence-electron chi connectivity index (χ1n) is 9.00. The van der Waals surface area contributed by atoms with Crippen LogP contribution in [0.15, 0.2) is 46.2 Å². The highest BCUT2D eigenvalue weighted by atomic mass is 32.2. The first kappa shape index (κ1) is 19.5. The number of hydrogen-bond donors (Lipinski definition) is 1. The van der Waals surface area contributed by atoms with Crippen molar-refractivity contribution in [3.05, 3.63) is 58.3 Å². The number of carbonyl (C=O) groups excluding carboxylic acids is 1. The fourth-order valence-electron chi connectivity index (χ4n) is 3.20. The molecule has 0 saturated heterocycles. The van der Waals surface area contributed by atoms with Gasteiger partial charge in [0.05, 0.1) is 13.3 Å². The van der Waals surface area contributed by atoms with Gasteiger partial charge in [-0.3, -0.25) is 9.59 Å². The van der Waals surface area contributed by atoms with Crippen molar-refractivity contribution in [2.24, 2.45) is 0 Å². The van der Waals surface area contributed by atoms with Gasteiger partial charge in [0.25, 0.3) is 0 Å². The van der Waals surface area contributed by atoms with Crippen molar-refractivity contribution >= 4 is 17.7 Å². The van der Waals surface area contributed by atoms with E-state index in [9.17, 15) is 14.0 Å². The molecule has 7 heteroatoms. The standard InChI is InChI=1S/C20H23FN2O3S/c1-26-19-11-23(12-20(25)22-15-4-2-3-5-15)16(10-18(19)24)13-27-17-8-6-14(21)7-9-17/h6-11,15H,2-5,12-13H2,1H3,(H,22,25). The Morgan fingerprint density at radius 2 is 2.00 bits per heavy atom. The number of ether oxygens (including phenoxy) is 1. The first-order chi connectivity index (χ1) is 13.0. The number of nitrogens with one attached hydrogen (secondary N) is 1. The van der Waals surface area contributed by atoms with Crippen molar-refractivity contribution in [3.63, 3.8) is 0 Å². The molecular formula is C20H23FN2O3S. The second kappa shape index (κ2) is 9.08. The summed E-state index contributed by atoms with van der Waals surface area (Å²) >= 11 is 1.48. The SMILES string of the molecule is COc1cn(CC(=O)NC2CCCC2)c(CSc2ccc(F)cc2)cc1=O. The van der Waals surface area contributed by atoms with Crippen LogP contribution < -0.4 is 15.5 Å². The molecule has 1 amide bonds. The number of carbonyl (C=O) groups is 1. The molecule has 1 aromatic carbocycles. The Balaban J connectivity index is 1.74. The van der Waals surface area contributed by atoms with Crippen LogP contribution in [0.4, 0.5) is 4.39 Å². The number of rotatable bonds is 7. The highest BCUT2D eigenvalue weighted by molar-refractivity contribution is 7.98. The number of hydrogen-bond acceptors (Lipinski definition) is 4. The third-order valence-corrected chi connectivity index (χ3v) is 5.68. The quantitative estimate of drug-likeness (QED) is 0.737. The summed E-state index contributed by atoms with van der Waals surface area (Å²) in [5, 5.41) is 3.06. The molecule has 0 radical (unpaired) electrons. The third kappa shape index (κ3) is 5.35. The molecule has 5 nitrogen and oxygen atoms in total. The van der Waals surface area contributed by atoms with Gasteiger partial charge in [-0.15, -0.1) is 11.8 Å². The molecule has 0 atom stereocenters. The molecule has 0 aliphatic heterocycles. The molecule has 2 aromatic rings. The Labute approximate surface area is 161 Å². The zero-order valence-corrected chi connectivity index (χ0v) is 16.1. The number of pyridine rings is 1. The lowest BCUT2D eigenvalue weighted by molar-refractivity contribution is -0.122. The zero-order chi connectivity index (χ0) is 19.2. The average molecular weight is 390 g/mol. The van der Waals surface area contributed by atoms with Gasteiger partial charge in [0.2, 0.25) is 11.3 Å². The minimum Gasteiger partial charge on any atom is -0.491 e. The molecular weight excluding hydrogens is 367 g/mol. The number of aromatic nitrogens is 1. The number of amides is 1. The Hall–Kier alpha value is -2.28. The Morgan fingerprint density at radius 3 is 2.67 bits per heavy atom. The van der Waals surface area contributed by atoms with Gasteiger partial charge in [0, 0.05) is 28.5 Å².